The fraction of sp³-hybridized carbons (Fsp3) is 0.353. The Hall–Kier alpha value is -2.28. The Morgan fingerprint density at radius 3 is 2.75 bits per heavy atom. The van der Waals surface area contributed by atoms with Gasteiger partial charge in [-0.3, -0.25) is 4.79 Å². The first-order valence-corrected chi connectivity index (χ1v) is 8.85. The monoisotopic (exact) mass is 348 g/mol. The quantitative estimate of drug-likeness (QED) is 0.724. The number of carbonyl (C=O) groups is 2. The van der Waals surface area contributed by atoms with E-state index in [1.807, 2.05) is 37.3 Å². The van der Waals surface area contributed by atoms with Crippen LogP contribution in [0.25, 0.3) is 11.5 Å². The van der Waals surface area contributed by atoms with Gasteiger partial charge in [0.2, 0.25) is 11.8 Å². The summed E-state index contributed by atoms with van der Waals surface area (Å²) in [4.78, 5) is 27.2. The zero-order valence-corrected chi connectivity index (χ0v) is 14.2. The minimum absolute atomic E-state index is 0.182. The zero-order valence-electron chi connectivity index (χ0n) is 13.4. The molecule has 0 bridgehead atoms. The van der Waals surface area contributed by atoms with Crippen LogP contribution in [-0.2, 0) is 15.3 Å². The number of aliphatic carboxylic acids is 1. The molecule has 1 amide bonds. The summed E-state index contributed by atoms with van der Waals surface area (Å²) in [6.07, 6.45) is 2.70. The van der Waals surface area contributed by atoms with Gasteiger partial charge in [-0.25, -0.2) is 9.78 Å². The third-order valence-electron chi connectivity index (χ3n) is 3.27. The second-order valence-corrected chi connectivity index (χ2v) is 6.24. The Bertz CT molecular complexity index is 672. The number of oxazole rings is 1. The van der Waals surface area contributed by atoms with Crippen molar-refractivity contribution in [1.29, 1.82) is 0 Å². The van der Waals surface area contributed by atoms with E-state index < -0.39 is 12.0 Å². The maximum absolute atomic E-state index is 11.8. The molecule has 0 aliphatic carbocycles. The highest BCUT2D eigenvalue weighted by Crippen LogP contribution is 2.20. The van der Waals surface area contributed by atoms with Gasteiger partial charge in [-0.05, 0) is 18.6 Å². The minimum atomic E-state index is -1.00. The fourth-order valence-corrected chi connectivity index (χ4v) is 2.83. The SMILES string of the molecule is CCCC(NC(=O)CSCc1coc(-c2ccccc2)n1)C(=O)O. The van der Waals surface area contributed by atoms with E-state index in [4.69, 9.17) is 9.52 Å². The molecule has 0 saturated carbocycles. The first kappa shape index (κ1) is 18.1. The summed E-state index contributed by atoms with van der Waals surface area (Å²) in [6, 6.07) is 8.75. The van der Waals surface area contributed by atoms with Crippen LogP contribution in [0, 0.1) is 0 Å². The number of hydrogen-bond acceptors (Lipinski definition) is 5. The average molecular weight is 348 g/mol. The molecule has 1 heterocycles. The summed E-state index contributed by atoms with van der Waals surface area (Å²) in [6.45, 7) is 1.88. The topological polar surface area (TPSA) is 92.4 Å². The molecule has 0 saturated heterocycles. The van der Waals surface area contributed by atoms with Gasteiger partial charge in [-0.2, -0.15) is 0 Å². The number of nitrogens with one attached hydrogen (secondary N) is 1. The van der Waals surface area contributed by atoms with Crippen LogP contribution in [0.1, 0.15) is 25.5 Å². The molecule has 1 unspecified atom stereocenters. The van der Waals surface area contributed by atoms with Gasteiger partial charge in [0.25, 0.3) is 0 Å². The Kier molecular flexibility index (Phi) is 6.87. The lowest BCUT2D eigenvalue weighted by molar-refractivity contribution is -0.141. The second-order valence-electron chi connectivity index (χ2n) is 5.25. The largest absolute Gasteiger partial charge is 0.480 e. The summed E-state index contributed by atoms with van der Waals surface area (Å²) >= 11 is 1.37. The number of carboxylic acid groups (broad SMARTS) is 1. The van der Waals surface area contributed by atoms with E-state index in [9.17, 15) is 9.59 Å². The lowest BCUT2D eigenvalue weighted by atomic mass is 10.2. The van der Waals surface area contributed by atoms with Crippen molar-refractivity contribution in [3.05, 3.63) is 42.3 Å². The van der Waals surface area contributed by atoms with Gasteiger partial charge < -0.3 is 14.8 Å². The molecule has 7 heteroatoms. The van der Waals surface area contributed by atoms with Gasteiger partial charge in [0.1, 0.15) is 12.3 Å². The van der Waals surface area contributed by atoms with Crippen molar-refractivity contribution >= 4 is 23.6 Å². The van der Waals surface area contributed by atoms with E-state index in [2.05, 4.69) is 10.3 Å². The van der Waals surface area contributed by atoms with E-state index in [0.29, 0.717) is 24.5 Å². The summed E-state index contributed by atoms with van der Waals surface area (Å²) in [5.74, 6) is -0.0348. The van der Waals surface area contributed by atoms with Crippen molar-refractivity contribution in [3.63, 3.8) is 0 Å². The van der Waals surface area contributed by atoms with Gasteiger partial charge in [-0.1, -0.05) is 31.5 Å². The molecule has 128 valence electrons. The molecule has 0 fully saturated rings. The van der Waals surface area contributed by atoms with Crippen molar-refractivity contribution in [1.82, 2.24) is 10.3 Å². The Morgan fingerprint density at radius 2 is 2.08 bits per heavy atom. The van der Waals surface area contributed by atoms with Crippen LogP contribution in [0.3, 0.4) is 0 Å². The zero-order chi connectivity index (χ0) is 17.4. The third kappa shape index (κ3) is 5.42. The lowest BCUT2D eigenvalue weighted by Crippen LogP contribution is -2.41. The molecule has 2 aromatic rings. The number of carboxylic acids is 1. The van der Waals surface area contributed by atoms with Crippen LogP contribution < -0.4 is 5.32 Å². The molecule has 1 atom stereocenters. The van der Waals surface area contributed by atoms with Crippen LogP contribution in [0.15, 0.2) is 41.0 Å². The summed E-state index contributed by atoms with van der Waals surface area (Å²) in [5.41, 5.74) is 1.64. The van der Waals surface area contributed by atoms with Gasteiger partial charge >= 0.3 is 5.97 Å². The minimum Gasteiger partial charge on any atom is -0.480 e. The van der Waals surface area contributed by atoms with Crippen molar-refractivity contribution < 1.29 is 19.1 Å². The number of amides is 1. The second kappa shape index (κ2) is 9.12. The highest BCUT2D eigenvalue weighted by Gasteiger charge is 2.18. The van der Waals surface area contributed by atoms with Gasteiger partial charge in [-0.15, -0.1) is 11.8 Å². The predicted molar refractivity (Wildman–Crippen MR) is 92.6 cm³/mol. The van der Waals surface area contributed by atoms with E-state index in [1.165, 1.54) is 11.8 Å². The van der Waals surface area contributed by atoms with Crippen LogP contribution in [0.5, 0.6) is 0 Å². The van der Waals surface area contributed by atoms with E-state index in [0.717, 1.165) is 11.3 Å². The molecule has 0 spiro atoms. The summed E-state index contributed by atoms with van der Waals surface area (Å²) in [7, 11) is 0. The van der Waals surface area contributed by atoms with Crippen molar-refractivity contribution in [3.8, 4) is 11.5 Å². The maximum atomic E-state index is 11.8. The Labute approximate surface area is 144 Å². The summed E-state index contributed by atoms with van der Waals surface area (Å²) in [5, 5.41) is 11.6. The third-order valence-corrected chi connectivity index (χ3v) is 4.23. The lowest BCUT2D eigenvalue weighted by Gasteiger charge is -2.12. The number of aromatic nitrogens is 1. The van der Waals surface area contributed by atoms with E-state index >= 15 is 0 Å². The first-order chi connectivity index (χ1) is 11.6. The van der Waals surface area contributed by atoms with Crippen LogP contribution >= 0.6 is 11.8 Å². The Balaban J connectivity index is 1.79. The highest BCUT2D eigenvalue weighted by atomic mass is 32.2. The number of hydrogen-bond donors (Lipinski definition) is 2. The fourth-order valence-electron chi connectivity index (χ4n) is 2.12. The van der Waals surface area contributed by atoms with E-state index in [-0.39, 0.29) is 11.7 Å². The van der Waals surface area contributed by atoms with Crippen molar-refractivity contribution in [2.24, 2.45) is 0 Å². The number of rotatable bonds is 9. The molecule has 1 aromatic carbocycles. The van der Waals surface area contributed by atoms with E-state index in [1.54, 1.807) is 6.26 Å². The van der Waals surface area contributed by atoms with Crippen molar-refractivity contribution in [2.75, 3.05) is 5.75 Å². The molecular formula is C17H20N2O4S. The molecule has 2 rings (SSSR count). The standard InChI is InChI=1S/C17H20N2O4S/c1-2-6-14(17(21)22)19-15(20)11-24-10-13-9-23-16(18-13)12-7-4-3-5-8-12/h3-5,7-9,14H,2,6,10-11H2,1H3,(H,19,20)(H,21,22). The predicted octanol–water partition coefficient (Wildman–Crippen LogP) is 2.94. The van der Waals surface area contributed by atoms with Crippen LogP contribution in [0.2, 0.25) is 0 Å². The molecule has 2 N–H and O–H groups in total. The first-order valence-electron chi connectivity index (χ1n) is 7.70. The van der Waals surface area contributed by atoms with Crippen LogP contribution in [-0.4, -0.2) is 33.8 Å². The molecular weight excluding hydrogens is 328 g/mol. The maximum Gasteiger partial charge on any atom is 0.326 e. The Morgan fingerprint density at radius 1 is 1.33 bits per heavy atom. The molecule has 0 aliphatic rings. The molecule has 24 heavy (non-hydrogen) atoms. The van der Waals surface area contributed by atoms with Gasteiger partial charge in [0.05, 0.1) is 11.4 Å². The molecule has 6 nitrogen and oxygen atoms in total. The molecule has 0 aliphatic heterocycles. The van der Waals surface area contributed by atoms with Gasteiger partial charge in [0, 0.05) is 11.3 Å². The number of carbonyl (C=O) groups excluding carboxylic acids is 1. The smallest absolute Gasteiger partial charge is 0.326 e. The highest BCUT2D eigenvalue weighted by molar-refractivity contribution is 7.99. The summed E-state index contributed by atoms with van der Waals surface area (Å²) < 4.78 is 5.43. The van der Waals surface area contributed by atoms with Gasteiger partial charge in [0.15, 0.2) is 0 Å². The average Bonchev–Trinajstić information content (AvgIpc) is 3.04. The van der Waals surface area contributed by atoms with Crippen LogP contribution in [0.4, 0.5) is 0 Å². The number of nitrogens with zero attached hydrogens (tertiary/aromatic N) is 1. The molecule has 1 aromatic heterocycles. The number of benzene rings is 1. The normalized spacial score (nSPS) is 11.9. The molecule has 0 radical (unpaired) electrons. The number of thioether (sulfide) groups is 1. The van der Waals surface area contributed by atoms with Crippen molar-refractivity contribution in [2.45, 2.75) is 31.6 Å².